The van der Waals surface area contributed by atoms with Crippen LogP contribution in [-0.2, 0) is 23.0 Å². The van der Waals surface area contributed by atoms with E-state index in [2.05, 4.69) is 32.9 Å². The summed E-state index contributed by atoms with van der Waals surface area (Å²) >= 11 is 0. The topological polar surface area (TPSA) is 56.5 Å². The van der Waals surface area contributed by atoms with E-state index in [1.807, 2.05) is 30.8 Å². The lowest BCUT2D eigenvalue weighted by Gasteiger charge is -2.31. The van der Waals surface area contributed by atoms with Crippen molar-refractivity contribution in [1.29, 1.82) is 0 Å². The number of ether oxygens (including phenoxy) is 1. The molecule has 0 saturated heterocycles. The molecule has 0 bridgehead atoms. The number of hydrogen-bond acceptors (Lipinski definition) is 4. The van der Waals surface area contributed by atoms with Gasteiger partial charge in [-0.1, -0.05) is 38.1 Å². The minimum absolute atomic E-state index is 0.126. The predicted molar refractivity (Wildman–Crippen MR) is 103 cm³/mol. The number of carbonyl (C=O) groups is 1. The third-order valence-electron chi connectivity index (χ3n) is 5.09. The quantitative estimate of drug-likeness (QED) is 0.782. The normalized spacial score (nSPS) is 19.3. The minimum atomic E-state index is -0.427. The summed E-state index contributed by atoms with van der Waals surface area (Å²) in [6.07, 6.45) is 0.855. The van der Waals surface area contributed by atoms with Gasteiger partial charge >= 0.3 is 5.97 Å². The Morgan fingerprint density at radius 3 is 2.58 bits per heavy atom. The van der Waals surface area contributed by atoms with Crippen LogP contribution in [0.3, 0.4) is 0 Å². The van der Waals surface area contributed by atoms with Crippen LogP contribution in [0.4, 0.5) is 5.82 Å². The van der Waals surface area contributed by atoms with E-state index < -0.39 is 5.92 Å². The van der Waals surface area contributed by atoms with E-state index in [1.54, 1.807) is 0 Å². The van der Waals surface area contributed by atoms with E-state index in [4.69, 9.17) is 14.8 Å². The average Bonchev–Trinajstić information content (AvgIpc) is 2.88. The number of esters is 1. The van der Waals surface area contributed by atoms with Gasteiger partial charge in [0.15, 0.2) is 5.82 Å². The lowest BCUT2D eigenvalue weighted by Crippen LogP contribution is -2.33. The number of aliphatic imine (C=N–C) groups is 1. The highest BCUT2D eigenvalue weighted by atomic mass is 16.5. The van der Waals surface area contributed by atoms with E-state index in [-0.39, 0.29) is 11.9 Å². The summed E-state index contributed by atoms with van der Waals surface area (Å²) in [5.74, 6) is 0.522. The number of aryl methyl sites for hydroxylation is 2. The number of fused-ring (bicyclic) bond motifs is 1. The summed E-state index contributed by atoms with van der Waals surface area (Å²) in [6, 6.07) is 8.23. The summed E-state index contributed by atoms with van der Waals surface area (Å²) < 4.78 is 6.99. The third kappa shape index (κ3) is 3.06. The molecule has 0 fully saturated rings. The second-order valence-electron chi connectivity index (χ2n) is 7.49. The number of methoxy groups -OCH3 is 1. The van der Waals surface area contributed by atoms with Gasteiger partial charge in [0.2, 0.25) is 0 Å². The lowest BCUT2D eigenvalue weighted by molar-refractivity contribution is -0.143. The number of rotatable bonds is 4. The zero-order valence-corrected chi connectivity index (χ0v) is 16.4. The van der Waals surface area contributed by atoms with Crippen molar-refractivity contribution < 1.29 is 9.53 Å². The van der Waals surface area contributed by atoms with Crippen LogP contribution in [0.15, 0.2) is 29.3 Å². The van der Waals surface area contributed by atoms with Crippen molar-refractivity contribution in [3.05, 3.63) is 46.6 Å². The molecule has 5 heteroatoms. The van der Waals surface area contributed by atoms with Gasteiger partial charge in [-0.25, -0.2) is 4.99 Å². The maximum absolute atomic E-state index is 12.7. The molecule has 1 aliphatic rings. The molecule has 5 nitrogen and oxygen atoms in total. The largest absolute Gasteiger partial charge is 0.468 e. The first-order valence-electron chi connectivity index (χ1n) is 9.09. The molecule has 2 heterocycles. The zero-order valence-electron chi connectivity index (χ0n) is 16.4. The lowest BCUT2D eigenvalue weighted by atomic mass is 9.74. The van der Waals surface area contributed by atoms with E-state index in [0.717, 1.165) is 40.3 Å². The van der Waals surface area contributed by atoms with Crippen LogP contribution in [-0.4, -0.2) is 28.6 Å². The maximum atomic E-state index is 12.7. The van der Waals surface area contributed by atoms with E-state index >= 15 is 0 Å². The van der Waals surface area contributed by atoms with Crippen molar-refractivity contribution in [2.24, 2.45) is 23.9 Å². The van der Waals surface area contributed by atoms with Gasteiger partial charge < -0.3 is 4.74 Å². The van der Waals surface area contributed by atoms with Crippen molar-refractivity contribution in [2.45, 2.75) is 40.0 Å². The van der Waals surface area contributed by atoms with Gasteiger partial charge in [-0.05, 0) is 37.3 Å². The molecule has 0 amide bonds. The molecule has 0 radical (unpaired) electrons. The fourth-order valence-electron chi connectivity index (χ4n) is 3.92. The Morgan fingerprint density at radius 2 is 1.96 bits per heavy atom. The zero-order chi connectivity index (χ0) is 19.0. The highest BCUT2D eigenvalue weighted by molar-refractivity contribution is 6.05. The molecule has 0 aliphatic carbocycles. The van der Waals surface area contributed by atoms with Crippen molar-refractivity contribution in [3.8, 4) is 0 Å². The van der Waals surface area contributed by atoms with Gasteiger partial charge in [0.25, 0.3) is 0 Å². The Kier molecular flexibility index (Phi) is 4.99. The Balaban J connectivity index is 2.28. The molecule has 1 aliphatic heterocycles. The Morgan fingerprint density at radius 1 is 1.27 bits per heavy atom. The molecule has 26 heavy (non-hydrogen) atoms. The van der Waals surface area contributed by atoms with Crippen LogP contribution in [0, 0.1) is 18.8 Å². The van der Waals surface area contributed by atoms with Crippen LogP contribution < -0.4 is 0 Å². The fraction of sp³-hybridized carbons (Fsp3) is 0.476. The van der Waals surface area contributed by atoms with E-state index in [9.17, 15) is 4.79 Å². The van der Waals surface area contributed by atoms with Gasteiger partial charge in [-0.15, -0.1) is 0 Å². The molecule has 1 aromatic carbocycles. The third-order valence-corrected chi connectivity index (χ3v) is 5.09. The standard InChI is InChI=1S/C21H27N3O2/c1-12(2)11-16-19-18(15-10-8-7-9-13(15)3)17(21(25)26-6)14(4)22-20(19)24(5)23-16/h7-10,12,17-18H,11H2,1-6H3. The van der Waals surface area contributed by atoms with Gasteiger partial charge in [0.05, 0.1) is 12.8 Å². The number of nitrogens with zero attached hydrogens (tertiary/aromatic N) is 3. The molecule has 0 N–H and O–H groups in total. The first-order chi connectivity index (χ1) is 12.3. The minimum Gasteiger partial charge on any atom is -0.468 e. The SMILES string of the molecule is COC(=O)C1C(C)=Nc2c(c(CC(C)C)nn2C)C1c1ccccc1C. The first-order valence-corrected chi connectivity index (χ1v) is 9.09. The van der Waals surface area contributed by atoms with Crippen molar-refractivity contribution in [3.63, 3.8) is 0 Å². The van der Waals surface area contributed by atoms with Crippen molar-refractivity contribution in [1.82, 2.24) is 9.78 Å². The average molecular weight is 353 g/mol. The Bertz CT molecular complexity index is 864. The monoisotopic (exact) mass is 353 g/mol. The van der Waals surface area contributed by atoms with Crippen LogP contribution in [0.2, 0.25) is 0 Å². The summed E-state index contributed by atoms with van der Waals surface area (Å²) in [7, 11) is 3.37. The molecule has 3 rings (SSSR count). The van der Waals surface area contributed by atoms with Gasteiger partial charge in [-0.3, -0.25) is 9.48 Å². The number of hydrogen-bond donors (Lipinski definition) is 0. The molecule has 0 saturated carbocycles. The highest BCUT2D eigenvalue weighted by Crippen LogP contribution is 2.45. The van der Waals surface area contributed by atoms with E-state index in [1.165, 1.54) is 7.11 Å². The smallest absolute Gasteiger partial charge is 0.315 e. The molecular formula is C21H27N3O2. The van der Waals surface area contributed by atoms with Crippen molar-refractivity contribution in [2.75, 3.05) is 7.11 Å². The predicted octanol–water partition coefficient (Wildman–Crippen LogP) is 3.95. The Hall–Kier alpha value is -2.43. The van der Waals surface area contributed by atoms with E-state index in [0.29, 0.717) is 5.92 Å². The van der Waals surface area contributed by atoms with Gasteiger partial charge in [0.1, 0.15) is 5.92 Å². The summed E-state index contributed by atoms with van der Waals surface area (Å²) in [4.78, 5) is 17.4. The first kappa shape index (κ1) is 18.4. The van der Waals surface area contributed by atoms with Crippen molar-refractivity contribution >= 4 is 17.5 Å². The van der Waals surface area contributed by atoms with Crippen LogP contribution in [0.1, 0.15) is 49.1 Å². The second kappa shape index (κ2) is 7.06. The number of benzene rings is 1. The fourth-order valence-corrected chi connectivity index (χ4v) is 3.92. The molecule has 2 aromatic rings. The molecule has 138 valence electrons. The van der Waals surface area contributed by atoms with Gasteiger partial charge in [-0.2, -0.15) is 5.10 Å². The molecule has 2 atom stereocenters. The highest BCUT2D eigenvalue weighted by Gasteiger charge is 2.42. The summed E-state index contributed by atoms with van der Waals surface area (Å²) in [5, 5.41) is 4.75. The molecular weight excluding hydrogens is 326 g/mol. The summed E-state index contributed by atoms with van der Waals surface area (Å²) in [6.45, 7) is 8.35. The maximum Gasteiger partial charge on any atom is 0.315 e. The van der Waals surface area contributed by atoms with Gasteiger partial charge in [0, 0.05) is 24.2 Å². The van der Waals surface area contributed by atoms with Crippen LogP contribution in [0.25, 0.3) is 0 Å². The Labute approximate surface area is 155 Å². The second-order valence-corrected chi connectivity index (χ2v) is 7.49. The molecule has 0 spiro atoms. The summed E-state index contributed by atoms with van der Waals surface area (Å²) in [5.41, 5.74) is 5.16. The van der Waals surface area contributed by atoms with Crippen LogP contribution >= 0.6 is 0 Å². The number of aromatic nitrogens is 2. The molecule has 1 aromatic heterocycles. The molecule has 2 unspecified atom stereocenters. The van der Waals surface area contributed by atoms with Crippen LogP contribution in [0.5, 0.6) is 0 Å². The number of carbonyl (C=O) groups excluding carboxylic acids is 1.